The SMILES string of the molecule is Cc1cc(OCC(=O)N[C@@H]2CCC[C@H]2CO)ccc1Cl. The Balaban J connectivity index is 1.81. The van der Waals surface area contributed by atoms with Crippen molar-refractivity contribution >= 4 is 17.5 Å². The van der Waals surface area contributed by atoms with Crippen LogP contribution in [0.15, 0.2) is 18.2 Å². The monoisotopic (exact) mass is 297 g/mol. The minimum atomic E-state index is -0.150. The number of aliphatic hydroxyl groups excluding tert-OH is 1. The van der Waals surface area contributed by atoms with E-state index in [0.29, 0.717) is 10.8 Å². The first-order valence-corrected chi connectivity index (χ1v) is 7.27. The van der Waals surface area contributed by atoms with E-state index < -0.39 is 0 Å². The average molecular weight is 298 g/mol. The molecule has 0 aromatic heterocycles. The van der Waals surface area contributed by atoms with E-state index >= 15 is 0 Å². The van der Waals surface area contributed by atoms with Crippen LogP contribution in [0.1, 0.15) is 24.8 Å². The number of rotatable bonds is 5. The van der Waals surface area contributed by atoms with Gasteiger partial charge in [-0.1, -0.05) is 18.0 Å². The lowest BCUT2D eigenvalue weighted by Crippen LogP contribution is -2.40. The van der Waals surface area contributed by atoms with Gasteiger partial charge in [0.25, 0.3) is 5.91 Å². The summed E-state index contributed by atoms with van der Waals surface area (Å²) in [5.41, 5.74) is 0.917. The summed E-state index contributed by atoms with van der Waals surface area (Å²) in [6.07, 6.45) is 2.95. The molecule has 0 unspecified atom stereocenters. The molecule has 0 spiro atoms. The van der Waals surface area contributed by atoms with Crippen molar-refractivity contribution < 1.29 is 14.6 Å². The Morgan fingerprint density at radius 2 is 2.30 bits per heavy atom. The largest absolute Gasteiger partial charge is 0.484 e. The summed E-state index contributed by atoms with van der Waals surface area (Å²) in [4.78, 5) is 11.8. The smallest absolute Gasteiger partial charge is 0.258 e. The second-order valence-electron chi connectivity index (χ2n) is 5.25. The molecule has 1 aromatic rings. The zero-order chi connectivity index (χ0) is 14.5. The Morgan fingerprint density at radius 1 is 1.50 bits per heavy atom. The predicted octanol–water partition coefficient (Wildman–Crippen LogP) is 2.30. The van der Waals surface area contributed by atoms with Gasteiger partial charge in [0.05, 0.1) is 0 Å². The van der Waals surface area contributed by atoms with Crippen LogP contribution in [0, 0.1) is 12.8 Å². The number of amides is 1. The minimum Gasteiger partial charge on any atom is -0.484 e. The van der Waals surface area contributed by atoms with Gasteiger partial charge in [-0.05, 0) is 43.5 Å². The maximum atomic E-state index is 11.8. The molecule has 1 fully saturated rings. The number of halogens is 1. The number of hydrogen-bond donors (Lipinski definition) is 2. The summed E-state index contributed by atoms with van der Waals surface area (Å²) in [6.45, 7) is 2.00. The molecule has 4 nitrogen and oxygen atoms in total. The van der Waals surface area contributed by atoms with E-state index in [-0.39, 0.29) is 31.1 Å². The standard InChI is InChI=1S/C15H20ClNO3/c1-10-7-12(5-6-13(10)16)20-9-15(19)17-14-4-2-3-11(14)8-18/h5-7,11,14,18H,2-4,8-9H2,1H3,(H,17,19)/t11-,14+/m0/s1. The molecule has 1 aromatic carbocycles. The molecule has 2 N–H and O–H groups in total. The van der Waals surface area contributed by atoms with Gasteiger partial charge < -0.3 is 15.2 Å². The Hall–Kier alpha value is -1.26. The number of carbonyl (C=O) groups is 1. The Bertz CT molecular complexity index is 478. The van der Waals surface area contributed by atoms with Crippen molar-refractivity contribution in [2.24, 2.45) is 5.92 Å². The lowest BCUT2D eigenvalue weighted by Gasteiger charge is -2.19. The van der Waals surface area contributed by atoms with Gasteiger partial charge in [0, 0.05) is 23.6 Å². The molecule has 5 heteroatoms. The Labute approximate surface area is 124 Å². The molecule has 2 atom stereocenters. The molecule has 110 valence electrons. The van der Waals surface area contributed by atoms with E-state index in [2.05, 4.69) is 5.32 Å². The molecule has 0 radical (unpaired) electrons. The van der Waals surface area contributed by atoms with Crippen LogP contribution in [0.3, 0.4) is 0 Å². The van der Waals surface area contributed by atoms with E-state index in [1.54, 1.807) is 12.1 Å². The molecule has 0 saturated heterocycles. The average Bonchev–Trinajstić information content (AvgIpc) is 2.87. The van der Waals surface area contributed by atoms with Crippen LogP contribution in [-0.4, -0.2) is 30.3 Å². The lowest BCUT2D eigenvalue weighted by atomic mass is 10.1. The molecule has 0 bridgehead atoms. The van der Waals surface area contributed by atoms with Crippen molar-refractivity contribution in [1.82, 2.24) is 5.32 Å². The van der Waals surface area contributed by atoms with E-state index in [4.69, 9.17) is 16.3 Å². The molecule has 1 aliphatic rings. The number of aliphatic hydroxyl groups is 1. The van der Waals surface area contributed by atoms with Crippen LogP contribution in [0.25, 0.3) is 0 Å². The normalized spacial score (nSPS) is 21.8. The van der Waals surface area contributed by atoms with Crippen LogP contribution in [0.4, 0.5) is 0 Å². The lowest BCUT2D eigenvalue weighted by molar-refractivity contribution is -0.124. The number of ether oxygens (including phenoxy) is 1. The van der Waals surface area contributed by atoms with Crippen LogP contribution in [-0.2, 0) is 4.79 Å². The topological polar surface area (TPSA) is 58.6 Å². The van der Waals surface area contributed by atoms with Gasteiger partial charge in [-0.25, -0.2) is 0 Å². The van der Waals surface area contributed by atoms with Gasteiger partial charge in [-0.2, -0.15) is 0 Å². The van der Waals surface area contributed by atoms with Gasteiger partial charge in [0.1, 0.15) is 5.75 Å². The van der Waals surface area contributed by atoms with Crippen LogP contribution >= 0.6 is 11.6 Å². The molecule has 0 heterocycles. The predicted molar refractivity (Wildman–Crippen MR) is 78.0 cm³/mol. The van der Waals surface area contributed by atoms with Crippen molar-refractivity contribution in [3.63, 3.8) is 0 Å². The second kappa shape index (κ2) is 6.95. The highest BCUT2D eigenvalue weighted by molar-refractivity contribution is 6.31. The fourth-order valence-electron chi connectivity index (χ4n) is 2.55. The molecule has 0 aliphatic heterocycles. The fourth-order valence-corrected chi connectivity index (χ4v) is 2.67. The van der Waals surface area contributed by atoms with E-state index in [1.807, 2.05) is 13.0 Å². The van der Waals surface area contributed by atoms with Crippen molar-refractivity contribution in [2.75, 3.05) is 13.2 Å². The number of nitrogens with one attached hydrogen (secondary N) is 1. The molecule has 20 heavy (non-hydrogen) atoms. The number of hydrogen-bond acceptors (Lipinski definition) is 3. The maximum absolute atomic E-state index is 11.8. The van der Waals surface area contributed by atoms with Gasteiger partial charge in [0.15, 0.2) is 6.61 Å². The van der Waals surface area contributed by atoms with Gasteiger partial charge >= 0.3 is 0 Å². The molecule has 1 saturated carbocycles. The quantitative estimate of drug-likeness (QED) is 0.877. The zero-order valence-electron chi connectivity index (χ0n) is 11.6. The summed E-state index contributed by atoms with van der Waals surface area (Å²) in [7, 11) is 0. The highest BCUT2D eigenvalue weighted by Crippen LogP contribution is 2.25. The van der Waals surface area contributed by atoms with E-state index in [1.165, 1.54) is 0 Å². The van der Waals surface area contributed by atoms with E-state index in [0.717, 1.165) is 24.8 Å². The van der Waals surface area contributed by atoms with Crippen molar-refractivity contribution in [2.45, 2.75) is 32.2 Å². The first kappa shape index (κ1) is 15.1. The summed E-state index contributed by atoms with van der Waals surface area (Å²) in [6, 6.07) is 5.38. The highest BCUT2D eigenvalue weighted by atomic mass is 35.5. The second-order valence-corrected chi connectivity index (χ2v) is 5.65. The molecule has 1 aliphatic carbocycles. The third-order valence-electron chi connectivity index (χ3n) is 3.74. The molecule has 1 amide bonds. The summed E-state index contributed by atoms with van der Waals surface area (Å²) in [5.74, 6) is 0.659. The highest BCUT2D eigenvalue weighted by Gasteiger charge is 2.27. The summed E-state index contributed by atoms with van der Waals surface area (Å²) >= 11 is 5.93. The fraction of sp³-hybridized carbons (Fsp3) is 0.533. The van der Waals surface area contributed by atoms with Gasteiger partial charge in [-0.3, -0.25) is 4.79 Å². The maximum Gasteiger partial charge on any atom is 0.258 e. The minimum absolute atomic E-state index is 0.0181. The third kappa shape index (κ3) is 3.87. The van der Waals surface area contributed by atoms with Crippen LogP contribution in [0.5, 0.6) is 5.75 Å². The Kier molecular flexibility index (Phi) is 5.26. The Morgan fingerprint density at radius 3 is 3.00 bits per heavy atom. The van der Waals surface area contributed by atoms with Crippen LogP contribution in [0.2, 0.25) is 5.02 Å². The van der Waals surface area contributed by atoms with Crippen molar-refractivity contribution in [3.05, 3.63) is 28.8 Å². The molecular formula is C15H20ClNO3. The van der Waals surface area contributed by atoms with Crippen molar-refractivity contribution in [3.8, 4) is 5.75 Å². The first-order valence-electron chi connectivity index (χ1n) is 6.89. The molecular weight excluding hydrogens is 278 g/mol. The third-order valence-corrected chi connectivity index (χ3v) is 4.16. The van der Waals surface area contributed by atoms with Crippen molar-refractivity contribution in [1.29, 1.82) is 0 Å². The zero-order valence-corrected chi connectivity index (χ0v) is 12.3. The number of carbonyl (C=O) groups excluding carboxylic acids is 1. The van der Waals surface area contributed by atoms with Gasteiger partial charge in [0.2, 0.25) is 0 Å². The summed E-state index contributed by atoms with van der Waals surface area (Å²) in [5, 5.41) is 12.8. The van der Waals surface area contributed by atoms with E-state index in [9.17, 15) is 9.90 Å². The number of aryl methyl sites for hydroxylation is 1. The molecule has 2 rings (SSSR count). The first-order chi connectivity index (χ1) is 9.60. The van der Waals surface area contributed by atoms with Crippen LogP contribution < -0.4 is 10.1 Å². The van der Waals surface area contributed by atoms with Gasteiger partial charge in [-0.15, -0.1) is 0 Å². The summed E-state index contributed by atoms with van der Waals surface area (Å²) < 4.78 is 5.45. The number of benzene rings is 1.